The van der Waals surface area contributed by atoms with E-state index in [-0.39, 0.29) is 0 Å². The Balaban J connectivity index is 2.94. The van der Waals surface area contributed by atoms with Crippen molar-refractivity contribution in [3.63, 3.8) is 0 Å². The molecule has 0 radical (unpaired) electrons. The van der Waals surface area contributed by atoms with Gasteiger partial charge in [-0.15, -0.1) is 0 Å². The SMILES string of the molecule is CCCCCCCCCCCCCCCCCCSSCCC=O. The normalized spacial score (nSPS) is 11.0. The molecule has 0 aliphatic carbocycles. The lowest BCUT2D eigenvalue weighted by atomic mass is 10.0. The van der Waals surface area contributed by atoms with Gasteiger partial charge >= 0.3 is 0 Å². The van der Waals surface area contributed by atoms with Crippen LogP contribution in [0, 0.1) is 0 Å². The molecule has 0 amide bonds. The highest BCUT2D eigenvalue weighted by Gasteiger charge is 1.95. The van der Waals surface area contributed by atoms with Crippen molar-refractivity contribution in [1.82, 2.24) is 0 Å². The molecule has 0 spiro atoms. The first-order chi connectivity index (χ1) is 11.9. The summed E-state index contributed by atoms with van der Waals surface area (Å²) < 4.78 is 0. The number of aldehydes is 1. The van der Waals surface area contributed by atoms with Crippen molar-refractivity contribution < 1.29 is 4.79 Å². The van der Waals surface area contributed by atoms with E-state index in [1.165, 1.54) is 108 Å². The first-order valence-electron chi connectivity index (χ1n) is 10.6. The Morgan fingerprint density at radius 2 is 0.917 bits per heavy atom. The second kappa shape index (κ2) is 23.4. The van der Waals surface area contributed by atoms with Gasteiger partial charge in [-0.2, -0.15) is 0 Å². The molecule has 0 unspecified atom stereocenters. The van der Waals surface area contributed by atoms with E-state index >= 15 is 0 Å². The van der Waals surface area contributed by atoms with Crippen LogP contribution in [0.4, 0.5) is 0 Å². The molecule has 0 fully saturated rings. The van der Waals surface area contributed by atoms with Crippen LogP contribution < -0.4 is 0 Å². The third-order valence-corrected chi connectivity index (χ3v) is 7.01. The smallest absolute Gasteiger partial charge is 0.120 e. The molecule has 0 N–H and O–H groups in total. The second-order valence-corrected chi connectivity index (χ2v) is 9.60. The summed E-state index contributed by atoms with van der Waals surface area (Å²) in [5, 5.41) is 0. The van der Waals surface area contributed by atoms with Crippen LogP contribution in [0.1, 0.15) is 116 Å². The molecule has 144 valence electrons. The van der Waals surface area contributed by atoms with Gasteiger partial charge in [0, 0.05) is 17.9 Å². The Bertz CT molecular complexity index is 234. The van der Waals surface area contributed by atoms with E-state index < -0.39 is 0 Å². The first-order valence-corrected chi connectivity index (χ1v) is 13.1. The third kappa shape index (κ3) is 22.4. The number of carbonyl (C=O) groups excluding carboxylic acids is 1. The molecular formula is C21H42OS2. The van der Waals surface area contributed by atoms with E-state index in [2.05, 4.69) is 6.92 Å². The van der Waals surface area contributed by atoms with Crippen molar-refractivity contribution in [3.05, 3.63) is 0 Å². The molecule has 0 rings (SSSR count). The monoisotopic (exact) mass is 374 g/mol. The minimum atomic E-state index is 0.705. The number of hydrogen-bond donors (Lipinski definition) is 0. The fraction of sp³-hybridized carbons (Fsp3) is 0.952. The van der Waals surface area contributed by atoms with Gasteiger partial charge in [-0.1, -0.05) is 125 Å². The molecule has 3 heteroatoms. The maximum Gasteiger partial charge on any atom is 0.120 e. The Kier molecular flexibility index (Phi) is 23.7. The van der Waals surface area contributed by atoms with Crippen LogP contribution in [-0.2, 0) is 4.79 Å². The predicted molar refractivity (Wildman–Crippen MR) is 115 cm³/mol. The van der Waals surface area contributed by atoms with Gasteiger partial charge in [0.2, 0.25) is 0 Å². The van der Waals surface area contributed by atoms with Crippen molar-refractivity contribution in [3.8, 4) is 0 Å². The molecule has 0 saturated carbocycles. The van der Waals surface area contributed by atoms with E-state index in [9.17, 15) is 4.79 Å². The van der Waals surface area contributed by atoms with E-state index in [0.29, 0.717) is 6.42 Å². The van der Waals surface area contributed by atoms with Crippen LogP contribution >= 0.6 is 21.6 Å². The molecule has 0 aromatic heterocycles. The minimum Gasteiger partial charge on any atom is -0.303 e. The summed E-state index contributed by atoms with van der Waals surface area (Å²) in [6.07, 6.45) is 24.7. The van der Waals surface area contributed by atoms with Gasteiger partial charge in [0.1, 0.15) is 6.29 Å². The molecule has 0 saturated heterocycles. The molecule has 0 aliphatic heterocycles. The molecule has 0 atom stereocenters. The summed E-state index contributed by atoms with van der Waals surface area (Å²) in [4.78, 5) is 10.2. The zero-order valence-electron chi connectivity index (χ0n) is 16.2. The highest BCUT2D eigenvalue weighted by atomic mass is 33.1. The summed E-state index contributed by atoms with van der Waals surface area (Å²) >= 11 is 0. The molecular weight excluding hydrogens is 332 g/mol. The molecule has 0 aromatic carbocycles. The summed E-state index contributed by atoms with van der Waals surface area (Å²) in [5.41, 5.74) is 0. The third-order valence-electron chi connectivity index (χ3n) is 4.48. The molecule has 0 heterocycles. The molecule has 0 aromatic rings. The van der Waals surface area contributed by atoms with E-state index in [1.54, 1.807) is 0 Å². The van der Waals surface area contributed by atoms with Gasteiger partial charge in [-0.05, 0) is 6.42 Å². The second-order valence-electron chi connectivity index (χ2n) is 6.90. The van der Waals surface area contributed by atoms with Gasteiger partial charge in [0.15, 0.2) is 0 Å². The quantitative estimate of drug-likeness (QED) is 0.114. The van der Waals surface area contributed by atoms with Crippen LogP contribution in [0.2, 0.25) is 0 Å². The standard InChI is InChI=1S/C21H42OS2/c1-2-3-4-5-6-7-8-9-10-11-12-13-14-15-16-17-20-23-24-21-18-19-22/h19H,2-18,20-21H2,1H3. The lowest BCUT2D eigenvalue weighted by Gasteiger charge is -2.03. The topological polar surface area (TPSA) is 17.1 Å². The zero-order chi connectivity index (χ0) is 17.6. The van der Waals surface area contributed by atoms with Crippen molar-refractivity contribution in [2.45, 2.75) is 116 Å². The Hall–Kier alpha value is 0.370. The maximum atomic E-state index is 10.2. The van der Waals surface area contributed by atoms with Gasteiger partial charge in [0.25, 0.3) is 0 Å². The van der Waals surface area contributed by atoms with Crippen LogP contribution in [0.3, 0.4) is 0 Å². The van der Waals surface area contributed by atoms with Crippen LogP contribution in [0.5, 0.6) is 0 Å². The molecule has 24 heavy (non-hydrogen) atoms. The fourth-order valence-electron chi connectivity index (χ4n) is 2.92. The molecule has 0 aliphatic rings. The number of unbranched alkanes of at least 4 members (excludes halogenated alkanes) is 15. The van der Waals surface area contributed by atoms with Crippen molar-refractivity contribution >= 4 is 27.9 Å². The van der Waals surface area contributed by atoms with E-state index in [1.807, 2.05) is 21.6 Å². The van der Waals surface area contributed by atoms with Crippen molar-refractivity contribution in [2.75, 3.05) is 11.5 Å². The van der Waals surface area contributed by atoms with Gasteiger partial charge in [0.05, 0.1) is 0 Å². The number of carbonyl (C=O) groups is 1. The van der Waals surface area contributed by atoms with Gasteiger partial charge < -0.3 is 4.79 Å². The molecule has 1 nitrogen and oxygen atoms in total. The van der Waals surface area contributed by atoms with Crippen LogP contribution in [0.15, 0.2) is 0 Å². The summed E-state index contributed by atoms with van der Waals surface area (Å²) in [6.45, 7) is 2.29. The largest absolute Gasteiger partial charge is 0.303 e. The average molecular weight is 375 g/mol. The summed E-state index contributed by atoms with van der Waals surface area (Å²) in [6, 6.07) is 0. The lowest BCUT2D eigenvalue weighted by molar-refractivity contribution is -0.107. The summed E-state index contributed by atoms with van der Waals surface area (Å²) in [7, 11) is 3.79. The predicted octanol–water partition coefficient (Wildman–Crippen LogP) is 8.22. The molecule has 0 bridgehead atoms. The van der Waals surface area contributed by atoms with Crippen molar-refractivity contribution in [2.24, 2.45) is 0 Å². The lowest BCUT2D eigenvalue weighted by Crippen LogP contribution is -1.84. The van der Waals surface area contributed by atoms with E-state index in [4.69, 9.17) is 0 Å². The van der Waals surface area contributed by atoms with Crippen LogP contribution in [0.25, 0.3) is 0 Å². The van der Waals surface area contributed by atoms with Crippen LogP contribution in [-0.4, -0.2) is 17.8 Å². The Morgan fingerprint density at radius 1 is 0.542 bits per heavy atom. The zero-order valence-corrected chi connectivity index (χ0v) is 17.9. The van der Waals surface area contributed by atoms with Crippen molar-refractivity contribution in [1.29, 1.82) is 0 Å². The maximum absolute atomic E-state index is 10.2. The summed E-state index contributed by atoms with van der Waals surface area (Å²) in [5.74, 6) is 2.23. The Labute approximate surface area is 160 Å². The highest BCUT2D eigenvalue weighted by Crippen LogP contribution is 2.23. The van der Waals surface area contributed by atoms with Gasteiger partial charge in [-0.3, -0.25) is 0 Å². The highest BCUT2D eigenvalue weighted by molar-refractivity contribution is 8.76. The van der Waals surface area contributed by atoms with Gasteiger partial charge in [-0.25, -0.2) is 0 Å². The average Bonchev–Trinajstić information content (AvgIpc) is 2.60. The number of rotatable bonds is 21. The Morgan fingerprint density at radius 3 is 1.33 bits per heavy atom. The number of hydrogen-bond acceptors (Lipinski definition) is 3. The van der Waals surface area contributed by atoms with E-state index in [0.717, 1.165) is 12.0 Å². The minimum absolute atomic E-state index is 0.705. The fourth-order valence-corrected chi connectivity index (χ4v) is 5.02. The first kappa shape index (κ1) is 24.4.